The smallest absolute Gasteiger partial charge is 0.253 e. The Kier molecular flexibility index (Phi) is 8.82. The van der Waals surface area contributed by atoms with Crippen LogP contribution in [0.15, 0.2) is 65.3 Å². The first kappa shape index (κ1) is 28.8. The number of hydrogen-bond donors (Lipinski definition) is 1. The minimum Gasteiger partial charge on any atom is -0.372 e. The van der Waals surface area contributed by atoms with Crippen LogP contribution in [0.3, 0.4) is 0 Å². The highest BCUT2D eigenvalue weighted by Crippen LogP contribution is 2.31. The van der Waals surface area contributed by atoms with Crippen LogP contribution in [0, 0.1) is 0 Å². The molecular weight excluding hydrogens is 484 g/mol. The molecule has 1 aromatic rings. The van der Waals surface area contributed by atoms with Crippen LogP contribution in [-0.2, 0) is 17.8 Å². The highest BCUT2D eigenvalue weighted by Gasteiger charge is 2.31. The summed E-state index contributed by atoms with van der Waals surface area (Å²) in [6.07, 6.45) is 10.6. The number of hydrogen-bond acceptors (Lipinski definition) is 6. The number of amides is 1. The van der Waals surface area contributed by atoms with E-state index in [2.05, 4.69) is 59.5 Å². The van der Waals surface area contributed by atoms with Crippen molar-refractivity contribution >= 4 is 17.3 Å². The molecule has 3 aliphatic heterocycles. The van der Waals surface area contributed by atoms with Gasteiger partial charge < -0.3 is 25.3 Å². The highest BCUT2D eigenvalue weighted by atomic mass is 16.2. The molecule has 0 bridgehead atoms. The monoisotopic (exact) mass is 530 g/mol. The van der Waals surface area contributed by atoms with Crippen LogP contribution in [0.1, 0.15) is 50.3 Å². The van der Waals surface area contributed by atoms with Crippen molar-refractivity contribution in [3.63, 3.8) is 0 Å². The number of rotatable bonds is 5. The Labute approximate surface area is 235 Å². The Morgan fingerprint density at radius 3 is 2.56 bits per heavy atom. The molecule has 2 unspecified atom stereocenters. The number of fused-ring (bicyclic) bond motifs is 1. The van der Waals surface area contributed by atoms with Crippen molar-refractivity contribution in [2.45, 2.75) is 58.3 Å². The molecule has 2 N–H and O–H groups in total. The molecule has 0 radical (unpaired) electrons. The molecule has 1 saturated heterocycles. The number of aliphatic imine (C=N–C) groups is 1. The third-order valence-electron chi connectivity index (χ3n) is 8.18. The second-order valence-electron chi connectivity index (χ2n) is 11.7. The number of nitrogens with zero attached hydrogens (tertiary/aromatic N) is 5. The van der Waals surface area contributed by atoms with Crippen molar-refractivity contribution in [3.05, 3.63) is 77.0 Å². The number of amidine groups is 1. The first-order valence-corrected chi connectivity index (χ1v) is 14.1. The maximum atomic E-state index is 12.6. The summed E-state index contributed by atoms with van der Waals surface area (Å²) < 4.78 is 0. The Balaban J connectivity index is 1.65. The van der Waals surface area contributed by atoms with Crippen molar-refractivity contribution in [2.24, 2.45) is 10.7 Å². The summed E-state index contributed by atoms with van der Waals surface area (Å²) in [6.45, 7) is 15.3. The second-order valence-corrected chi connectivity index (χ2v) is 11.7. The molecule has 2 atom stereocenters. The zero-order valence-electron chi connectivity index (χ0n) is 24.7. The number of carbonyl (C=O) groups excluding carboxylic acids is 1. The van der Waals surface area contributed by atoms with Crippen molar-refractivity contribution in [3.8, 4) is 0 Å². The first-order chi connectivity index (χ1) is 18.5. The van der Waals surface area contributed by atoms with Gasteiger partial charge in [0.05, 0.1) is 0 Å². The first-order valence-electron chi connectivity index (χ1n) is 14.1. The maximum absolute atomic E-state index is 12.6. The van der Waals surface area contributed by atoms with Gasteiger partial charge in [0.15, 0.2) is 0 Å². The molecule has 3 heterocycles. The predicted molar refractivity (Wildman–Crippen MR) is 162 cm³/mol. The van der Waals surface area contributed by atoms with E-state index in [0.717, 1.165) is 69.0 Å². The van der Waals surface area contributed by atoms with E-state index in [1.807, 2.05) is 32.1 Å². The Hall–Kier alpha value is -3.16. The van der Waals surface area contributed by atoms with Gasteiger partial charge in [-0.25, -0.2) is 4.99 Å². The van der Waals surface area contributed by atoms with Gasteiger partial charge >= 0.3 is 0 Å². The van der Waals surface area contributed by atoms with Gasteiger partial charge in [-0.05, 0) is 87.6 Å². The predicted octanol–water partition coefficient (Wildman–Crippen LogP) is 4.04. The number of piperazine rings is 1. The van der Waals surface area contributed by atoms with E-state index in [-0.39, 0.29) is 5.91 Å². The lowest BCUT2D eigenvalue weighted by Crippen LogP contribution is -2.45. The van der Waals surface area contributed by atoms with Gasteiger partial charge in [0, 0.05) is 64.1 Å². The van der Waals surface area contributed by atoms with Gasteiger partial charge in [-0.1, -0.05) is 30.9 Å². The van der Waals surface area contributed by atoms with Crippen LogP contribution in [0.2, 0.25) is 0 Å². The molecule has 7 heteroatoms. The SMILES string of the molecule is C=C/C(=C\C(=C/C)C(=O)N(C)C)c1ccc2c(c1)CN(C1=NC(C)(N)CCC(N3CCN(C)CC3)=C1)C(C)C2. The summed E-state index contributed by atoms with van der Waals surface area (Å²) in [7, 11) is 5.73. The number of allylic oxidation sites excluding steroid dienone is 4. The van der Waals surface area contributed by atoms with E-state index in [1.165, 1.54) is 16.8 Å². The molecule has 39 heavy (non-hydrogen) atoms. The van der Waals surface area contributed by atoms with Crippen LogP contribution in [0.4, 0.5) is 0 Å². The van der Waals surface area contributed by atoms with Gasteiger partial charge in [-0.3, -0.25) is 4.79 Å². The fourth-order valence-corrected chi connectivity index (χ4v) is 5.62. The summed E-state index contributed by atoms with van der Waals surface area (Å²) >= 11 is 0. The Bertz CT molecular complexity index is 1210. The van der Waals surface area contributed by atoms with Crippen molar-refractivity contribution in [2.75, 3.05) is 47.3 Å². The average Bonchev–Trinajstić information content (AvgIpc) is 3.06. The van der Waals surface area contributed by atoms with E-state index in [9.17, 15) is 4.79 Å². The Morgan fingerprint density at radius 2 is 1.92 bits per heavy atom. The molecular formula is C32H46N6O. The number of carbonyl (C=O) groups is 1. The van der Waals surface area contributed by atoms with E-state index < -0.39 is 5.66 Å². The molecule has 1 fully saturated rings. The van der Waals surface area contributed by atoms with E-state index in [1.54, 1.807) is 19.0 Å². The fraction of sp³-hybridized carbons (Fsp3) is 0.500. The molecule has 0 aliphatic carbocycles. The zero-order chi connectivity index (χ0) is 28.3. The zero-order valence-corrected chi connectivity index (χ0v) is 24.7. The standard InChI is InChI=1S/C32H46N6O/c1-8-24(19-25(9-2)31(39)35(5)6)27-11-10-26-18-23(3)38(22-28(26)20-27)30-21-29(12-13-32(4,33)34-30)37-16-14-36(7)15-17-37/h8-11,19-21,23H,1,12-18,22,33H2,2-7H3/b24-19+,25-9+. The topological polar surface area (TPSA) is 68.4 Å². The number of likely N-dealkylation sites (N-methyl/N-ethyl adjacent to an activating group) is 2. The van der Waals surface area contributed by atoms with Crippen LogP contribution in [0.5, 0.6) is 0 Å². The molecule has 1 amide bonds. The van der Waals surface area contributed by atoms with Gasteiger partial charge in [0.1, 0.15) is 11.5 Å². The summed E-state index contributed by atoms with van der Waals surface area (Å²) in [5.74, 6) is 0.969. The summed E-state index contributed by atoms with van der Waals surface area (Å²) in [5.41, 5.74) is 12.7. The van der Waals surface area contributed by atoms with Gasteiger partial charge in [0.2, 0.25) is 0 Å². The van der Waals surface area contributed by atoms with Crippen LogP contribution in [0.25, 0.3) is 5.57 Å². The van der Waals surface area contributed by atoms with Crippen molar-refractivity contribution < 1.29 is 4.79 Å². The molecule has 0 spiro atoms. The molecule has 7 nitrogen and oxygen atoms in total. The third kappa shape index (κ3) is 6.71. The van der Waals surface area contributed by atoms with Gasteiger partial charge in [-0.15, -0.1) is 0 Å². The summed E-state index contributed by atoms with van der Waals surface area (Å²) in [5, 5.41) is 0. The lowest BCUT2D eigenvalue weighted by Gasteiger charge is -2.38. The summed E-state index contributed by atoms with van der Waals surface area (Å²) in [6, 6.07) is 6.93. The molecule has 4 rings (SSSR count). The quantitative estimate of drug-likeness (QED) is 0.460. The lowest BCUT2D eigenvalue weighted by molar-refractivity contribution is -0.124. The molecule has 3 aliphatic rings. The van der Waals surface area contributed by atoms with Crippen LogP contribution >= 0.6 is 0 Å². The fourth-order valence-electron chi connectivity index (χ4n) is 5.62. The number of benzene rings is 1. The van der Waals surface area contributed by atoms with Gasteiger partial charge in [-0.2, -0.15) is 0 Å². The minimum atomic E-state index is -0.595. The maximum Gasteiger partial charge on any atom is 0.253 e. The van der Waals surface area contributed by atoms with Crippen LogP contribution < -0.4 is 5.73 Å². The average molecular weight is 531 g/mol. The molecule has 0 saturated carbocycles. The molecule has 1 aromatic carbocycles. The summed E-state index contributed by atoms with van der Waals surface area (Å²) in [4.78, 5) is 26.6. The van der Waals surface area contributed by atoms with E-state index in [0.29, 0.717) is 11.6 Å². The highest BCUT2D eigenvalue weighted by molar-refractivity contribution is 5.98. The van der Waals surface area contributed by atoms with Crippen molar-refractivity contribution in [1.29, 1.82) is 0 Å². The van der Waals surface area contributed by atoms with E-state index >= 15 is 0 Å². The van der Waals surface area contributed by atoms with Crippen molar-refractivity contribution in [1.82, 2.24) is 19.6 Å². The number of nitrogens with two attached hydrogens (primary N) is 1. The van der Waals surface area contributed by atoms with Crippen LogP contribution in [-0.4, -0.2) is 90.4 Å². The van der Waals surface area contributed by atoms with E-state index in [4.69, 9.17) is 10.7 Å². The third-order valence-corrected chi connectivity index (χ3v) is 8.18. The normalized spacial score (nSPS) is 24.9. The molecule has 0 aromatic heterocycles. The Morgan fingerprint density at radius 1 is 1.21 bits per heavy atom. The molecule has 210 valence electrons. The lowest BCUT2D eigenvalue weighted by atomic mass is 9.90. The minimum absolute atomic E-state index is 0.0195. The second kappa shape index (κ2) is 11.9. The van der Waals surface area contributed by atoms with Gasteiger partial charge in [0.25, 0.3) is 5.91 Å². The largest absolute Gasteiger partial charge is 0.372 e.